The van der Waals surface area contributed by atoms with Crippen molar-refractivity contribution in [2.45, 2.75) is 0 Å². The first-order chi connectivity index (χ1) is 9.51. The van der Waals surface area contributed by atoms with Gasteiger partial charge in [0, 0.05) is 11.6 Å². The molecule has 0 aliphatic rings. The van der Waals surface area contributed by atoms with E-state index in [2.05, 4.69) is 5.32 Å². The molecule has 0 saturated carbocycles. The van der Waals surface area contributed by atoms with Gasteiger partial charge in [-0.2, -0.15) is 0 Å². The van der Waals surface area contributed by atoms with Crippen molar-refractivity contribution in [1.82, 2.24) is 0 Å². The van der Waals surface area contributed by atoms with Gasteiger partial charge < -0.3 is 15.8 Å². The highest BCUT2D eigenvalue weighted by atomic mass is 35.5. The van der Waals surface area contributed by atoms with E-state index in [-0.39, 0.29) is 11.3 Å². The Morgan fingerprint density at radius 1 is 1.30 bits per heavy atom. The first-order valence-electron chi connectivity index (χ1n) is 5.71. The van der Waals surface area contributed by atoms with Crippen LogP contribution in [0, 0.1) is 5.82 Å². The molecule has 2 rings (SSSR count). The molecule has 0 atom stereocenters. The molecule has 3 N–H and O–H groups in total. The number of amides is 1. The summed E-state index contributed by atoms with van der Waals surface area (Å²) in [7, 11) is 1.50. The van der Waals surface area contributed by atoms with Crippen LogP contribution in [-0.2, 0) is 0 Å². The van der Waals surface area contributed by atoms with Gasteiger partial charge in [-0.15, -0.1) is 0 Å². The number of hydrogen-bond donors (Lipinski definition) is 2. The van der Waals surface area contributed by atoms with Crippen LogP contribution in [0.25, 0.3) is 0 Å². The topological polar surface area (TPSA) is 64.3 Å². The fraction of sp³-hybridized carbons (Fsp3) is 0.0714. The third kappa shape index (κ3) is 3.00. The molecule has 1 amide bonds. The monoisotopic (exact) mass is 294 g/mol. The summed E-state index contributed by atoms with van der Waals surface area (Å²) < 4.78 is 18.4. The summed E-state index contributed by atoms with van der Waals surface area (Å²) in [6.45, 7) is 0. The highest BCUT2D eigenvalue weighted by molar-refractivity contribution is 6.34. The number of nitrogen functional groups attached to an aromatic ring is 1. The lowest BCUT2D eigenvalue weighted by Gasteiger charge is -2.09. The van der Waals surface area contributed by atoms with E-state index >= 15 is 0 Å². The first kappa shape index (κ1) is 14.1. The van der Waals surface area contributed by atoms with Gasteiger partial charge in [-0.1, -0.05) is 11.6 Å². The van der Waals surface area contributed by atoms with Crippen molar-refractivity contribution in [3.05, 3.63) is 52.8 Å². The predicted molar refractivity (Wildman–Crippen MR) is 76.8 cm³/mol. The van der Waals surface area contributed by atoms with E-state index < -0.39 is 11.7 Å². The van der Waals surface area contributed by atoms with Crippen LogP contribution in [0.4, 0.5) is 15.8 Å². The zero-order chi connectivity index (χ0) is 14.7. The molecule has 2 aromatic carbocycles. The Balaban J connectivity index is 2.25. The molecule has 104 valence electrons. The van der Waals surface area contributed by atoms with Crippen LogP contribution in [-0.4, -0.2) is 13.0 Å². The van der Waals surface area contributed by atoms with Gasteiger partial charge in [0.1, 0.15) is 11.6 Å². The average Bonchev–Trinajstić information content (AvgIpc) is 2.44. The Labute approximate surface area is 120 Å². The maximum absolute atomic E-state index is 13.3. The number of nitrogens with one attached hydrogen (secondary N) is 1. The van der Waals surface area contributed by atoms with Crippen molar-refractivity contribution in [3.8, 4) is 5.75 Å². The Morgan fingerprint density at radius 3 is 2.70 bits per heavy atom. The highest BCUT2D eigenvalue weighted by Crippen LogP contribution is 2.27. The first-order valence-corrected chi connectivity index (χ1v) is 6.09. The maximum atomic E-state index is 13.3. The standard InChI is InChI=1S/C14H12ClFN2O2/c1-20-9-3-4-10(15)13(7-9)18-14(19)8-2-5-12(17)11(16)6-8/h2-7H,17H2,1H3,(H,18,19). The molecule has 0 unspecified atom stereocenters. The summed E-state index contributed by atoms with van der Waals surface area (Å²) in [4.78, 5) is 12.0. The number of ether oxygens (including phenoxy) is 1. The van der Waals surface area contributed by atoms with Gasteiger partial charge in [0.15, 0.2) is 0 Å². The van der Waals surface area contributed by atoms with Crippen molar-refractivity contribution < 1.29 is 13.9 Å². The summed E-state index contributed by atoms with van der Waals surface area (Å²) in [5.74, 6) is -0.582. The van der Waals surface area contributed by atoms with Gasteiger partial charge in [0.05, 0.1) is 23.5 Å². The lowest BCUT2D eigenvalue weighted by Crippen LogP contribution is -2.13. The molecule has 0 spiro atoms. The summed E-state index contributed by atoms with van der Waals surface area (Å²) >= 11 is 5.98. The number of carbonyl (C=O) groups excluding carboxylic acids is 1. The SMILES string of the molecule is COc1ccc(Cl)c(NC(=O)c2ccc(N)c(F)c2)c1. The maximum Gasteiger partial charge on any atom is 0.255 e. The van der Waals surface area contributed by atoms with E-state index in [1.165, 1.54) is 19.2 Å². The normalized spacial score (nSPS) is 10.2. The number of anilines is 2. The smallest absolute Gasteiger partial charge is 0.255 e. The molecular weight excluding hydrogens is 283 g/mol. The second-order valence-electron chi connectivity index (χ2n) is 4.04. The minimum Gasteiger partial charge on any atom is -0.497 e. The van der Waals surface area contributed by atoms with E-state index in [0.717, 1.165) is 6.07 Å². The number of halogens is 2. The molecule has 0 radical (unpaired) electrons. The van der Waals surface area contributed by atoms with E-state index in [9.17, 15) is 9.18 Å². The molecule has 6 heteroatoms. The van der Waals surface area contributed by atoms with Gasteiger partial charge >= 0.3 is 0 Å². The predicted octanol–water partition coefficient (Wildman–Crippen LogP) is 3.32. The summed E-state index contributed by atoms with van der Waals surface area (Å²) in [6.07, 6.45) is 0. The molecule has 0 saturated heterocycles. The molecular formula is C14H12ClFN2O2. The largest absolute Gasteiger partial charge is 0.497 e. The lowest BCUT2D eigenvalue weighted by atomic mass is 10.2. The fourth-order valence-electron chi connectivity index (χ4n) is 1.59. The van der Waals surface area contributed by atoms with Crippen LogP contribution in [0.3, 0.4) is 0 Å². The number of benzene rings is 2. The molecule has 4 nitrogen and oxygen atoms in total. The van der Waals surface area contributed by atoms with Gasteiger partial charge in [-0.25, -0.2) is 4.39 Å². The van der Waals surface area contributed by atoms with Crippen molar-refractivity contribution >= 4 is 28.9 Å². The van der Waals surface area contributed by atoms with Crippen LogP contribution in [0.2, 0.25) is 5.02 Å². The Hall–Kier alpha value is -2.27. The van der Waals surface area contributed by atoms with Gasteiger partial charge in [-0.05, 0) is 30.3 Å². The van der Waals surface area contributed by atoms with Crippen LogP contribution >= 0.6 is 11.6 Å². The minimum atomic E-state index is -0.644. The van der Waals surface area contributed by atoms with Gasteiger partial charge in [0.2, 0.25) is 0 Å². The molecule has 20 heavy (non-hydrogen) atoms. The fourth-order valence-corrected chi connectivity index (χ4v) is 1.75. The number of methoxy groups -OCH3 is 1. The van der Waals surface area contributed by atoms with Crippen molar-refractivity contribution in [2.75, 3.05) is 18.2 Å². The highest BCUT2D eigenvalue weighted by Gasteiger charge is 2.11. The van der Waals surface area contributed by atoms with E-state index in [1.807, 2.05) is 0 Å². The van der Waals surface area contributed by atoms with Gasteiger partial charge in [0.25, 0.3) is 5.91 Å². The van der Waals surface area contributed by atoms with E-state index in [0.29, 0.717) is 16.5 Å². The third-order valence-electron chi connectivity index (χ3n) is 2.68. The Kier molecular flexibility index (Phi) is 4.10. The number of nitrogens with two attached hydrogens (primary N) is 1. The number of hydrogen-bond acceptors (Lipinski definition) is 3. The lowest BCUT2D eigenvalue weighted by molar-refractivity contribution is 0.102. The molecule has 0 fully saturated rings. The quantitative estimate of drug-likeness (QED) is 0.854. The molecule has 0 aliphatic heterocycles. The van der Waals surface area contributed by atoms with Crippen LogP contribution in [0.15, 0.2) is 36.4 Å². The van der Waals surface area contributed by atoms with E-state index in [4.69, 9.17) is 22.1 Å². The van der Waals surface area contributed by atoms with Crippen LogP contribution < -0.4 is 15.8 Å². The minimum absolute atomic E-state index is 0.0130. The average molecular weight is 295 g/mol. The molecule has 0 heterocycles. The summed E-state index contributed by atoms with van der Waals surface area (Å²) in [5, 5.41) is 2.95. The molecule has 0 aromatic heterocycles. The third-order valence-corrected chi connectivity index (χ3v) is 3.01. The molecule has 0 aliphatic carbocycles. The number of rotatable bonds is 3. The second-order valence-corrected chi connectivity index (χ2v) is 4.44. The summed E-state index contributed by atoms with van der Waals surface area (Å²) in [5.41, 5.74) is 5.88. The zero-order valence-corrected chi connectivity index (χ0v) is 11.4. The number of carbonyl (C=O) groups is 1. The van der Waals surface area contributed by atoms with Crippen molar-refractivity contribution in [1.29, 1.82) is 0 Å². The van der Waals surface area contributed by atoms with Gasteiger partial charge in [-0.3, -0.25) is 4.79 Å². The Bertz CT molecular complexity index is 662. The second kappa shape index (κ2) is 5.79. The molecule has 0 bridgehead atoms. The van der Waals surface area contributed by atoms with Crippen LogP contribution in [0.1, 0.15) is 10.4 Å². The van der Waals surface area contributed by atoms with Crippen LogP contribution in [0.5, 0.6) is 5.75 Å². The zero-order valence-electron chi connectivity index (χ0n) is 10.6. The molecule has 2 aromatic rings. The van der Waals surface area contributed by atoms with E-state index in [1.54, 1.807) is 18.2 Å². The van der Waals surface area contributed by atoms with Crippen molar-refractivity contribution in [2.24, 2.45) is 0 Å². The summed E-state index contributed by atoms with van der Waals surface area (Å²) in [6, 6.07) is 8.67. The Morgan fingerprint density at radius 2 is 2.05 bits per heavy atom. The van der Waals surface area contributed by atoms with Crippen molar-refractivity contribution in [3.63, 3.8) is 0 Å².